The van der Waals surface area contributed by atoms with Gasteiger partial charge in [-0.05, 0) is 60.9 Å². The number of hydrogen-bond acceptors (Lipinski definition) is 4. The molecule has 33 heavy (non-hydrogen) atoms. The fourth-order valence-electron chi connectivity index (χ4n) is 3.34. The summed E-state index contributed by atoms with van der Waals surface area (Å²) >= 11 is 0. The fraction of sp³-hybridized carbons (Fsp3) is 0.231. The van der Waals surface area contributed by atoms with E-state index in [0.717, 1.165) is 16.8 Å². The molecule has 0 heterocycles. The molecule has 172 valence electrons. The zero-order valence-electron chi connectivity index (χ0n) is 19.1. The van der Waals surface area contributed by atoms with Gasteiger partial charge in [-0.1, -0.05) is 30.3 Å². The average molecular weight is 448 g/mol. The van der Waals surface area contributed by atoms with E-state index in [1.54, 1.807) is 20.3 Å². The van der Waals surface area contributed by atoms with Crippen molar-refractivity contribution in [1.82, 2.24) is 5.32 Å². The second-order valence-electron chi connectivity index (χ2n) is 7.58. The van der Waals surface area contributed by atoms with Crippen LogP contribution in [0.2, 0.25) is 0 Å². The first-order valence-corrected chi connectivity index (χ1v) is 10.7. The van der Waals surface area contributed by atoms with Crippen LogP contribution in [0.15, 0.2) is 72.8 Å². The Bertz CT molecular complexity index is 1050. The van der Waals surface area contributed by atoms with Gasteiger partial charge in [0.2, 0.25) is 5.91 Å². The zero-order valence-corrected chi connectivity index (χ0v) is 19.1. The maximum absolute atomic E-state index is 12.5. The number of carbonyl (C=O) groups is 2. The lowest BCUT2D eigenvalue weighted by atomic mass is 10.1. The molecule has 0 aliphatic carbocycles. The number of nitrogens with one attached hydrogen (secondary N) is 3. The van der Waals surface area contributed by atoms with Gasteiger partial charge in [-0.2, -0.15) is 0 Å². The van der Waals surface area contributed by atoms with E-state index in [1.807, 2.05) is 73.7 Å². The molecule has 0 saturated carbocycles. The number of urea groups is 1. The van der Waals surface area contributed by atoms with Crippen LogP contribution in [0, 0.1) is 0 Å². The van der Waals surface area contributed by atoms with Gasteiger partial charge < -0.3 is 25.4 Å². The Labute approximate surface area is 194 Å². The topological polar surface area (TPSA) is 88.7 Å². The summed E-state index contributed by atoms with van der Waals surface area (Å²) in [4.78, 5) is 24.6. The first-order valence-electron chi connectivity index (χ1n) is 10.7. The van der Waals surface area contributed by atoms with Crippen molar-refractivity contribution in [2.45, 2.75) is 25.8 Å². The average Bonchev–Trinajstić information content (AvgIpc) is 2.83. The van der Waals surface area contributed by atoms with E-state index in [0.29, 0.717) is 30.0 Å². The van der Waals surface area contributed by atoms with Crippen LogP contribution in [0.1, 0.15) is 30.5 Å². The van der Waals surface area contributed by atoms with Gasteiger partial charge in [0.05, 0.1) is 20.3 Å². The van der Waals surface area contributed by atoms with E-state index >= 15 is 0 Å². The van der Waals surface area contributed by atoms with Crippen LogP contribution >= 0.6 is 0 Å². The highest BCUT2D eigenvalue weighted by atomic mass is 16.5. The highest BCUT2D eigenvalue weighted by Gasteiger charge is 2.11. The lowest BCUT2D eigenvalue weighted by molar-refractivity contribution is -0.121. The Morgan fingerprint density at radius 2 is 1.39 bits per heavy atom. The van der Waals surface area contributed by atoms with Crippen LogP contribution in [-0.2, 0) is 11.2 Å². The van der Waals surface area contributed by atoms with E-state index in [2.05, 4.69) is 16.0 Å². The lowest BCUT2D eigenvalue weighted by Gasteiger charge is -2.15. The Kier molecular flexibility index (Phi) is 8.30. The fourth-order valence-corrected chi connectivity index (χ4v) is 3.34. The summed E-state index contributed by atoms with van der Waals surface area (Å²) in [6.07, 6.45) is 0.922. The summed E-state index contributed by atoms with van der Waals surface area (Å²) in [5.41, 5.74) is 3.30. The first kappa shape index (κ1) is 23.7. The molecule has 1 atom stereocenters. The minimum Gasteiger partial charge on any atom is -0.497 e. The molecule has 0 radical (unpaired) electrons. The first-order chi connectivity index (χ1) is 16.0. The molecule has 7 heteroatoms. The predicted molar refractivity (Wildman–Crippen MR) is 130 cm³/mol. The van der Waals surface area contributed by atoms with Crippen molar-refractivity contribution in [3.05, 3.63) is 83.9 Å². The molecular weight excluding hydrogens is 418 g/mol. The largest absolute Gasteiger partial charge is 0.497 e. The van der Waals surface area contributed by atoms with Crippen molar-refractivity contribution < 1.29 is 19.1 Å². The van der Waals surface area contributed by atoms with Gasteiger partial charge >= 0.3 is 6.03 Å². The molecule has 7 nitrogen and oxygen atoms in total. The summed E-state index contributed by atoms with van der Waals surface area (Å²) in [5.74, 6) is 1.35. The van der Waals surface area contributed by atoms with E-state index < -0.39 is 0 Å². The van der Waals surface area contributed by atoms with Crippen molar-refractivity contribution in [2.75, 3.05) is 24.9 Å². The SMILES string of the molecule is COc1cc(CCC(=O)N[C@@H](C)c2ccc(NC(=O)Nc3ccccc3)cc2)cc(OC)c1. The minimum absolute atomic E-state index is 0.0475. The summed E-state index contributed by atoms with van der Waals surface area (Å²) < 4.78 is 10.6. The van der Waals surface area contributed by atoms with Crippen molar-refractivity contribution >= 4 is 23.3 Å². The van der Waals surface area contributed by atoms with E-state index in [-0.39, 0.29) is 18.0 Å². The summed E-state index contributed by atoms with van der Waals surface area (Å²) in [6, 6.07) is 21.7. The smallest absolute Gasteiger partial charge is 0.323 e. The molecule has 0 fully saturated rings. The summed E-state index contributed by atoms with van der Waals surface area (Å²) in [5, 5.41) is 8.58. The highest BCUT2D eigenvalue weighted by molar-refractivity contribution is 5.99. The van der Waals surface area contributed by atoms with Crippen LogP contribution < -0.4 is 25.4 Å². The molecule has 0 aromatic heterocycles. The second kappa shape index (κ2) is 11.6. The van der Waals surface area contributed by atoms with E-state index in [9.17, 15) is 9.59 Å². The van der Waals surface area contributed by atoms with Crippen LogP contribution in [-0.4, -0.2) is 26.2 Å². The van der Waals surface area contributed by atoms with Gasteiger partial charge in [-0.25, -0.2) is 4.79 Å². The standard InChI is InChI=1S/C26H29N3O4/c1-18(27-25(30)14-9-19-15-23(32-2)17-24(16-19)33-3)20-10-12-22(13-11-20)29-26(31)28-21-7-5-4-6-8-21/h4-8,10-13,15-18H,9,14H2,1-3H3,(H,27,30)(H2,28,29,31)/t18-/m0/s1. The van der Waals surface area contributed by atoms with Gasteiger partial charge in [0, 0.05) is 23.9 Å². The van der Waals surface area contributed by atoms with Crippen molar-refractivity contribution in [1.29, 1.82) is 0 Å². The Hall–Kier alpha value is -4.00. The monoisotopic (exact) mass is 447 g/mol. The number of hydrogen-bond donors (Lipinski definition) is 3. The van der Waals surface area contributed by atoms with Crippen LogP contribution in [0.5, 0.6) is 11.5 Å². The molecule has 3 aromatic carbocycles. The molecule has 3 amide bonds. The second-order valence-corrected chi connectivity index (χ2v) is 7.58. The normalized spacial score (nSPS) is 11.2. The molecule has 0 aliphatic rings. The number of anilines is 2. The Morgan fingerprint density at radius 3 is 1.97 bits per heavy atom. The highest BCUT2D eigenvalue weighted by Crippen LogP contribution is 2.23. The lowest BCUT2D eigenvalue weighted by Crippen LogP contribution is -2.26. The molecule has 0 saturated heterocycles. The van der Waals surface area contributed by atoms with Crippen LogP contribution in [0.4, 0.5) is 16.2 Å². The zero-order chi connectivity index (χ0) is 23.6. The molecule has 3 aromatic rings. The van der Waals surface area contributed by atoms with Crippen molar-refractivity contribution in [3.8, 4) is 11.5 Å². The summed E-state index contributed by atoms with van der Waals surface area (Å²) in [6.45, 7) is 1.93. The third kappa shape index (κ3) is 7.28. The number of carbonyl (C=O) groups excluding carboxylic acids is 2. The minimum atomic E-state index is -0.315. The maximum atomic E-state index is 12.5. The van der Waals surface area contributed by atoms with Crippen LogP contribution in [0.25, 0.3) is 0 Å². The number of benzene rings is 3. The number of ether oxygens (including phenoxy) is 2. The van der Waals surface area contributed by atoms with Gasteiger partial charge in [-0.3, -0.25) is 4.79 Å². The predicted octanol–water partition coefficient (Wildman–Crippen LogP) is 5.16. The molecule has 0 aliphatic heterocycles. The third-order valence-corrected chi connectivity index (χ3v) is 5.13. The number of aryl methyl sites for hydroxylation is 1. The van der Waals surface area contributed by atoms with Gasteiger partial charge in [0.1, 0.15) is 11.5 Å². The van der Waals surface area contributed by atoms with Gasteiger partial charge in [-0.15, -0.1) is 0 Å². The third-order valence-electron chi connectivity index (χ3n) is 5.13. The van der Waals surface area contributed by atoms with E-state index in [1.165, 1.54) is 0 Å². The summed E-state index contributed by atoms with van der Waals surface area (Å²) in [7, 11) is 3.20. The van der Waals surface area contributed by atoms with Crippen LogP contribution in [0.3, 0.4) is 0 Å². The molecule has 0 spiro atoms. The number of para-hydroxylation sites is 1. The number of methoxy groups -OCH3 is 2. The van der Waals surface area contributed by atoms with Gasteiger partial charge in [0.15, 0.2) is 0 Å². The Morgan fingerprint density at radius 1 is 0.818 bits per heavy atom. The van der Waals surface area contributed by atoms with Crippen molar-refractivity contribution in [2.24, 2.45) is 0 Å². The number of amides is 3. The molecule has 0 unspecified atom stereocenters. The molecular formula is C26H29N3O4. The molecule has 3 rings (SSSR count). The maximum Gasteiger partial charge on any atom is 0.323 e. The Balaban J connectivity index is 1.49. The molecule has 0 bridgehead atoms. The quantitative estimate of drug-likeness (QED) is 0.423. The van der Waals surface area contributed by atoms with Crippen molar-refractivity contribution in [3.63, 3.8) is 0 Å². The van der Waals surface area contributed by atoms with E-state index in [4.69, 9.17) is 9.47 Å². The van der Waals surface area contributed by atoms with Gasteiger partial charge in [0.25, 0.3) is 0 Å². The number of rotatable bonds is 9. The molecule has 3 N–H and O–H groups in total.